The Morgan fingerprint density at radius 1 is 1.62 bits per heavy atom. The fourth-order valence-corrected chi connectivity index (χ4v) is 0.0559. The van der Waals surface area contributed by atoms with E-state index in [1.165, 1.54) is 0 Å². The molecule has 0 fully saturated rings. The highest BCUT2D eigenvalue weighted by Gasteiger charge is 2.11. The fourth-order valence-electron chi connectivity index (χ4n) is 0.0559. The second kappa shape index (κ2) is 3.77. The van der Waals surface area contributed by atoms with E-state index in [9.17, 15) is 0 Å². The molecule has 0 rings (SSSR count). The van der Waals surface area contributed by atoms with Gasteiger partial charge in [-0.25, -0.2) is 5.53 Å². The molecule has 0 atom stereocenters. The number of nitrogens with two attached hydrogens (primary N) is 2. The summed E-state index contributed by atoms with van der Waals surface area (Å²) in [4.78, 5) is 0. The number of nitrogens with one attached hydrogen (secondary N) is 1. The number of hydrogen-bond donors (Lipinski definition) is 3. The molecule has 0 heterocycles. The third-order valence-corrected chi connectivity index (χ3v) is 0.609. The minimum Gasteiger partial charge on any atom is -0.293 e. The minimum absolute atomic E-state index is 0. The van der Waals surface area contributed by atoms with Crippen LogP contribution in [0, 0.1) is 12.5 Å². The molecule has 49 valence electrons. The average molecular weight is 138 g/mol. The van der Waals surface area contributed by atoms with E-state index in [0.717, 1.165) is 0 Å². The summed E-state index contributed by atoms with van der Waals surface area (Å²) >= 11 is 0. The van der Waals surface area contributed by atoms with Crippen molar-refractivity contribution in [1.29, 1.82) is 5.53 Å². The Labute approximate surface area is 54.5 Å². The van der Waals surface area contributed by atoms with Crippen LogP contribution in [-0.4, -0.2) is 5.79 Å². The molecule has 0 aliphatic rings. The number of hydrogen-bond acceptors (Lipinski definition) is 4. The Bertz CT molecular complexity index is 71.7. The normalized spacial score (nSPS) is 9.88. The minimum atomic E-state index is -1.24. The summed E-state index contributed by atoms with van der Waals surface area (Å²) in [6, 6.07) is 0. The lowest BCUT2D eigenvalue weighted by Gasteiger charge is -2.12. The zero-order valence-electron chi connectivity index (χ0n) is 4.42. The molecule has 5 N–H and O–H groups in total. The van der Waals surface area contributed by atoms with Gasteiger partial charge in [0.1, 0.15) is 0 Å². The molecule has 0 aliphatic heterocycles. The third-order valence-electron chi connectivity index (χ3n) is 0.609. The smallest absolute Gasteiger partial charge is 0.179 e. The summed E-state index contributed by atoms with van der Waals surface area (Å²) in [5, 5.41) is 2.88. The van der Waals surface area contributed by atoms with E-state index in [2.05, 4.69) is 12.0 Å². The van der Waals surface area contributed by atoms with Crippen LogP contribution in [0.1, 0.15) is 6.42 Å². The molecular weight excluding hydrogens is 128 g/mol. The highest BCUT2D eigenvalue weighted by atomic mass is 35.5. The molecule has 5 heteroatoms. The van der Waals surface area contributed by atoms with Gasteiger partial charge in [-0.2, -0.15) is 5.11 Å². The summed E-state index contributed by atoms with van der Waals surface area (Å²) in [6.45, 7) is 3.36. The van der Waals surface area contributed by atoms with Crippen LogP contribution in [0.3, 0.4) is 0 Å². The van der Waals surface area contributed by atoms with Gasteiger partial charge >= 0.3 is 0 Å². The van der Waals surface area contributed by atoms with Crippen LogP contribution in [0.15, 0.2) is 5.11 Å². The maximum Gasteiger partial charge on any atom is 0.179 e. The summed E-state index contributed by atoms with van der Waals surface area (Å²) in [5.74, 6) is -1.24. The molecule has 0 spiro atoms. The monoisotopic (exact) mass is 137 g/mol. The zero-order chi connectivity index (χ0) is 5.91. The largest absolute Gasteiger partial charge is 0.293 e. The van der Waals surface area contributed by atoms with Crippen molar-refractivity contribution in [2.24, 2.45) is 16.6 Å². The van der Waals surface area contributed by atoms with Crippen LogP contribution in [-0.2, 0) is 0 Å². The SMILES string of the molecule is Cl.[CH2]CC(N)(N)N=N. The van der Waals surface area contributed by atoms with Crippen molar-refractivity contribution in [3.05, 3.63) is 6.92 Å². The van der Waals surface area contributed by atoms with Crippen LogP contribution in [0.25, 0.3) is 0 Å². The average Bonchev–Trinajstić information content (AvgIpc) is 1.68. The van der Waals surface area contributed by atoms with Crippen molar-refractivity contribution < 1.29 is 0 Å². The van der Waals surface area contributed by atoms with Crippen molar-refractivity contribution in [3.8, 4) is 0 Å². The Kier molecular flexibility index (Phi) is 5.05. The molecule has 0 aliphatic carbocycles. The van der Waals surface area contributed by atoms with E-state index >= 15 is 0 Å². The molecule has 4 nitrogen and oxygen atoms in total. The van der Waals surface area contributed by atoms with Gasteiger partial charge < -0.3 is 0 Å². The van der Waals surface area contributed by atoms with Gasteiger partial charge in [0.05, 0.1) is 0 Å². The molecule has 0 saturated heterocycles. The Hall–Kier alpha value is -0.190. The van der Waals surface area contributed by atoms with Gasteiger partial charge in [-0.15, -0.1) is 12.4 Å². The molecule has 0 aromatic carbocycles. The molecular formula is C3H10ClN4. The molecule has 0 amide bonds. The topological polar surface area (TPSA) is 88.2 Å². The number of rotatable bonds is 2. The first-order valence-electron chi connectivity index (χ1n) is 1.88. The highest BCUT2D eigenvalue weighted by molar-refractivity contribution is 5.85. The lowest BCUT2D eigenvalue weighted by molar-refractivity contribution is 0.435. The fraction of sp³-hybridized carbons (Fsp3) is 0.667. The third kappa shape index (κ3) is 3.98. The van der Waals surface area contributed by atoms with Gasteiger partial charge in [0.15, 0.2) is 5.79 Å². The van der Waals surface area contributed by atoms with E-state index in [-0.39, 0.29) is 18.8 Å². The molecule has 0 unspecified atom stereocenters. The van der Waals surface area contributed by atoms with Gasteiger partial charge in [-0.05, 0) is 6.92 Å². The predicted octanol–water partition coefficient (Wildman–Crippen LogP) is 0.235. The summed E-state index contributed by atoms with van der Waals surface area (Å²) < 4.78 is 0. The van der Waals surface area contributed by atoms with Crippen LogP contribution in [0.2, 0.25) is 0 Å². The summed E-state index contributed by atoms with van der Waals surface area (Å²) in [7, 11) is 0. The van der Waals surface area contributed by atoms with E-state index in [1.807, 2.05) is 0 Å². The Morgan fingerprint density at radius 3 is 2.00 bits per heavy atom. The van der Waals surface area contributed by atoms with E-state index in [4.69, 9.17) is 17.0 Å². The first-order chi connectivity index (χ1) is 3.12. The van der Waals surface area contributed by atoms with Crippen molar-refractivity contribution >= 4 is 12.4 Å². The second-order valence-electron chi connectivity index (χ2n) is 1.35. The summed E-state index contributed by atoms with van der Waals surface area (Å²) in [6.07, 6.45) is 0.247. The first-order valence-corrected chi connectivity index (χ1v) is 1.88. The molecule has 0 saturated carbocycles. The van der Waals surface area contributed by atoms with E-state index in [1.54, 1.807) is 0 Å². The standard InChI is InChI=1S/C3H9N4.ClH/c1-2-3(4,5)7-6;/h6H,1-2,4-5H2;1H. The van der Waals surface area contributed by atoms with E-state index < -0.39 is 5.79 Å². The molecule has 0 bridgehead atoms. The quantitative estimate of drug-likeness (QED) is 0.376. The number of halogens is 1. The Morgan fingerprint density at radius 2 is 2.00 bits per heavy atom. The van der Waals surface area contributed by atoms with Crippen LogP contribution >= 0.6 is 12.4 Å². The summed E-state index contributed by atoms with van der Waals surface area (Å²) in [5.41, 5.74) is 16.5. The maximum atomic E-state index is 6.34. The van der Waals surface area contributed by atoms with Crippen molar-refractivity contribution in [1.82, 2.24) is 0 Å². The first kappa shape index (κ1) is 10.7. The molecule has 8 heavy (non-hydrogen) atoms. The molecule has 1 radical (unpaired) electrons. The Balaban J connectivity index is 0. The second-order valence-corrected chi connectivity index (χ2v) is 1.35. The van der Waals surface area contributed by atoms with Gasteiger partial charge in [-0.3, -0.25) is 11.5 Å². The molecule has 0 aromatic rings. The molecule has 0 aromatic heterocycles. The van der Waals surface area contributed by atoms with Crippen LogP contribution in [0.4, 0.5) is 0 Å². The predicted molar refractivity (Wildman–Crippen MR) is 33.5 cm³/mol. The highest BCUT2D eigenvalue weighted by Crippen LogP contribution is 1.94. The van der Waals surface area contributed by atoms with Gasteiger partial charge in [0.2, 0.25) is 0 Å². The van der Waals surface area contributed by atoms with Gasteiger partial charge in [0.25, 0.3) is 0 Å². The van der Waals surface area contributed by atoms with Crippen molar-refractivity contribution in [2.45, 2.75) is 12.2 Å². The van der Waals surface area contributed by atoms with Gasteiger partial charge in [0, 0.05) is 6.42 Å². The number of nitrogens with zero attached hydrogens (tertiary/aromatic N) is 1. The van der Waals surface area contributed by atoms with E-state index in [0.29, 0.717) is 0 Å². The lowest BCUT2D eigenvalue weighted by atomic mass is 10.3. The van der Waals surface area contributed by atoms with Crippen molar-refractivity contribution in [3.63, 3.8) is 0 Å². The van der Waals surface area contributed by atoms with Gasteiger partial charge in [-0.1, -0.05) is 0 Å². The maximum absolute atomic E-state index is 6.34. The van der Waals surface area contributed by atoms with Crippen molar-refractivity contribution in [2.75, 3.05) is 0 Å². The zero-order valence-corrected chi connectivity index (χ0v) is 5.24. The van der Waals surface area contributed by atoms with Crippen LogP contribution in [0.5, 0.6) is 0 Å². The van der Waals surface area contributed by atoms with Crippen LogP contribution < -0.4 is 11.5 Å². The lowest BCUT2D eigenvalue weighted by Crippen LogP contribution is -2.46.